The molecule has 0 aromatic carbocycles. The Morgan fingerprint density at radius 1 is 1.61 bits per heavy atom. The van der Waals surface area contributed by atoms with Crippen molar-refractivity contribution < 1.29 is 4.79 Å². The second-order valence-electron chi connectivity index (χ2n) is 4.99. The van der Waals surface area contributed by atoms with Crippen molar-refractivity contribution in [1.29, 1.82) is 0 Å². The number of likely N-dealkylation sites (tertiary alicyclic amines) is 1. The summed E-state index contributed by atoms with van der Waals surface area (Å²) in [4.78, 5) is 18.7. The van der Waals surface area contributed by atoms with Crippen molar-refractivity contribution in [3.05, 3.63) is 16.6 Å². The minimum Gasteiger partial charge on any atom is -0.332 e. The van der Waals surface area contributed by atoms with Crippen LogP contribution in [0, 0.1) is 0 Å². The number of hydrogen-bond acceptors (Lipinski definition) is 4. The van der Waals surface area contributed by atoms with Crippen LogP contribution in [0.2, 0.25) is 0 Å². The minimum absolute atomic E-state index is 0.0148. The van der Waals surface area contributed by atoms with Gasteiger partial charge in [0.05, 0.1) is 12.1 Å². The van der Waals surface area contributed by atoms with Crippen molar-refractivity contribution in [2.75, 3.05) is 6.54 Å². The van der Waals surface area contributed by atoms with E-state index in [0.29, 0.717) is 6.04 Å². The lowest BCUT2D eigenvalue weighted by molar-refractivity contribution is -0.131. The molecular formula is C13H21N3OS. The van der Waals surface area contributed by atoms with Gasteiger partial charge in [-0.2, -0.15) is 0 Å². The summed E-state index contributed by atoms with van der Waals surface area (Å²) in [5, 5.41) is 6.36. The first-order valence-electron chi connectivity index (χ1n) is 6.59. The van der Waals surface area contributed by atoms with Crippen LogP contribution in [-0.2, 0) is 4.79 Å². The highest BCUT2D eigenvalue weighted by atomic mass is 32.1. The predicted molar refractivity (Wildman–Crippen MR) is 73.5 cm³/mol. The smallest absolute Gasteiger partial charge is 0.240 e. The molecule has 5 heteroatoms. The molecule has 1 saturated heterocycles. The molecule has 1 aliphatic heterocycles. The molecule has 1 aromatic rings. The Balaban J connectivity index is 2.07. The molecule has 2 heterocycles. The van der Waals surface area contributed by atoms with E-state index in [1.54, 1.807) is 11.3 Å². The highest BCUT2D eigenvalue weighted by Crippen LogP contribution is 2.30. The van der Waals surface area contributed by atoms with Gasteiger partial charge in [0.25, 0.3) is 0 Å². The maximum atomic E-state index is 12.4. The van der Waals surface area contributed by atoms with Crippen molar-refractivity contribution in [1.82, 2.24) is 15.2 Å². The van der Waals surface area contributed by atoms with E-state index in [4.69, 9.17) is 0 Å². The van der Waals surface area contributed by atoms with Crippen LogP contribution < -0.4 is 5.32 Å². The third kappa shape index (κ3) is 2.72. The molecule has 2 unspecified atom stereocenters. The highest BCUT2D eigenvalue weighted by Gasteiger charge is 2.36. The Kier molecular flexibility index (Phi) is 4.35. The van der Waals surface area contributed by atoms with E-state index in [1.165, 1.54) is 0 Å². The zero-order valence-corrected chi connectivity index (χ0v) is 12.0. The number of nitrogens with one attached hydrogen (secondary N) is 1. The van der Waals surface area contributed by atoms with Gasteiger partial charge in [-0.1, -0.05) is 20.8 Å². The Bertz CT molecular complexity index is 391. The molecule has 1 fully saturated rings. The summed E-state index contributed by atoms with van der Waals surface area (Å²) in [6.07, 6.45) is 3.64. The molecule has 1 amide bonds. The van der Waals surface area contributed by atoms with E-state index < -0.39 is 0 Å². The van der Waals surface area contributed by atoms with Crippen LogP contribution in [0.15, 0.2) is 11.6 Å². The normalized spacial score (nSPS) is 21.9. The van der Waals surface area contributed by atoms with Crippen LogP contribution >= 0.6 is 11.3 Å². The van der Waals surface area contributed by atoms with Crippen molar-refractivity contribution in [3.8, 4) is 0 Å². The fourth-order valence-corrected chi connectivity index (χ4v) is 3.33. The summed E-state index contributed by atoms with van der Waals surface area (Å²) in [6.45, 7) is 7.10. The van der Waals surface area contributed by atoms with Crippen molar-refractivity contribution >= 4 is 17.2 Å². The average molecular weight is 267 g/mol. The van der Waals surface area contributed by atoms with Gasteiger partial charge in [0.1, 0.15) is 5.01 Å². The molecular weight excluding hydrogens is 246 g/mol. The van der Waals surface area contributed by atoms with Gasteiger partial charge in [0, 0.05) is 24.2 Å². The van der Waals surface area contributed by atoms with E-state index in [0.717, 1.165) is 24.4 Å². The van der Waals surface area contributed by atoms with E-state index in [1.807, 2.05) is 16.5 Å². The Morgan fingerprint density at radius 2 is 2.39 bits per heavy atom. The van der Waals surface area contributed by atoms with Crippen LogP contribution in [-0.4, -0.2) is 34.4 Å². The van der Waals surface area contributed by atoms with Crippen LogP contribution in [0.5, 0.6) is 0 Å². The molecule has 4 nitrogen and oxygen atoms in total. The van der Waals surface area contributed by atoms with Gasteiger partial charge in [0.15, 0.2) is 0 Å². The molecule has 1 aliphatic rings. The number of aromatic nitrogens is 1. The molecule has 0 radical (unpaired) electrons. The molecule has 2 atom stereocenters. The first kappa shape index (κ1) is 13.5. The largest absolute Gasteiger partial charge is 0.332 e. The van der Waals surface area contributed by atoms with Gasteiger partial charge < -0.3 is 10.2 Å². The first-order chi connectivity index (χ1) is 8.63. The van der Waals surface area contributed by atoms with Crippen molar-refractivity contribution in [2.45, 2.75) is 51.7 Å². The van der Waals surface area contributed by atoms with E-state index in [9.17, 15) is 4.79 Å². The quantitative estimate of drug-likeness (QED) is 0.889. The summed E-state index contributed by atoms with van der Waals surface area (Å²) >= 11 is 1.63. The molecule has 0 spiro atoms. The number of nitrogens with zero attached hydrogens (tertiary/aromatic N) is 2. The molecule has 2 rings (SSSR count). The second kappa shape index (κ2) is 5.80. The first-order valence-corrected chi connectivity index (χ1v) is 7.47. The maximum Gasteiger partial charge on any atom is 0.240 e. The lowest BCUT2D eigenvalue weighted by Gasteiger charge is -2.26. The predicted octanol–water partition coefficient (Wildman–Crippen LogP) is 2.19. The number of thiazole rings is 1. The maximum absolute atomic E-state index is 12.4. The van der Waals surface area contributed by atoms with Crippen LogP contribution in [0.25, 0.3) is 0 Å². The number of rotatable bonds is 5. The molecule has 100 valence electrons. The number of carbonyl (C=O) groups is 1. The summed E-state index contributed by atoms with van der Waals surface area (Å²) in [7, 11) is 0. The summed E-state index contributed by atoms with van der Waals surface area (Å²) in [6, 6.07) is 0.481. The SMILES string of the molecule is CCC(c1nccs1)N1CCC(NC(C)C)C1=O. The minimum atomic E-state index is -0.0148. The van der Waals surface area contributed by atoms with Gasteiger partial charge in [-0.05, 0) is 12.8 Å². The Morgan fingerprint density at radius 3 is 2.94 bits per heavy atom. The Labute approximate surface area is 112 Å². The second-order valence-corrected chi connectivity index (χ2v) is 5.91. The number of amides is 1. The van der Waals surface area contributed by atoms with Crippen molar-refractivity contribution in [3.63, 3.8) is 0 Å². The van der Waals surface area contributed by atoms with Gasteiger partial charge in [0.2, 0.25) is 5.91 Å². The monoisotopic (exact) mass is 267 g/mol. The topological polar surface area (TPSA) is 45.2 Å². The van der Waals surface area contributed by atoms with E-state index in [-0.39, 0.29) is 18.0 Å². The molecule has 1 aromatic heterocycles. The molecule has 0 saturated carbocycles. The average Bonchev–Trinajstić information content (AvgIpc) is 2.94. The molecule has 1 N–H and O–H groups in total. The van der Waals surface area contributed by atoms with Crippen LogP contribution in [0.1, 0.15) is 44.7 Å². The standard InChI is InChI=1S/C13H21N3OS/c1-4-11(12-14-6-8-18-12)16-7-5-10(13(16)17)15-9(2)3/h6,8-11,15H,4-5,7H2,1-3H3. The number of hydrogen-bond donors (Lipinski definition) is 1. The summed E-state index contributed by atoms with van der Waals surface area (Å²) in [5.41, 5.74) is 0. The third-order valence-electron chi connectivity index (χ3n) is 3.27. The van der Waals surface area contributed by atoms with E-state index in [2.05, 4.69) is 31.1 Å². The fraction of sp³-hybridized carbons (Fsp3) is 0.692. The Hall–Kier alpha value is -0.940. The van der Waals surface area contributed by atoms with Crippen LogP contribution in [0.3, 0.4) is 0 Å². The van der Waals surface area contributed by atoms with Crippen molar-refractivity contribution in [2.24, 2.45) is 0 Å². The molecule has 18 heavy (non-hydrogen) atoms. The lowest BCUT2D eigenvalue weighted by Crippen LogP contribution is -2.42. The fourth-order valence-electron chi connectivity index (χ4n) is 2.50. The van der Waals surface area contributed by atoms with Gasteiger partial charge in [-0.3, -0.25) is 4.79 Å². The zero-order valence-electron chi connectivity index (χ0n) is 11.2. The number of carbonyl (C=O) groups excluding carboxylic acids is 1. The molecule has 0 aliphatic carbocycles. The summed E-state index contributed by atoms with van der Waals surface area (Å²) in [5.74, 6) is 0.228. The van der Waals surface area contributed by atoms with E-state index >= 15 is 0 Å². The highest BCUT2D eigenvalue weighted by molar-refractivity contribution is 7.09. The van der Waals surface area contributed by atoms with Gasteiger partial charge >= 0.3 is 0 Å². The van der Waals surface area contributed by atoms with Crippen LogP contribution in [0.4, 0.5) is 0 Å². The van der Waals surface area contributed by atoms with Gasteiger partial charge in [-0.15, -0.1) is 11.3 Å². The van der Waals surface area contributed by atoms with Gasteiger partial charge in [-0.25, -0.2) is 4.98 Å². The molecule has 0 bridgehead atoms. The zero-order chi connectivity index (χ0) is 13.1. The third-order valence-corrected chi connectivity index (χ3v) is 4.15. The lowest BCUT2D eigenvalue weighted by atomic mass is 10.2. The summed E-state index contributed by atoms with van der Waals surface area (Å²) < 4.78 is 0.